The highest BCUT2D eigenvalue weighted by Gasteiger charge is 2.38. The van der Waals surface area contributed by atoms with Crippen LogP contribution in [0.4, 0.5) is 0 Å². The monoisotopic (exact) mass is 235 g/mol. The largest absolute Gasteiger partial charge is 0.374 e. The van der Waals surface area contributed by atoms with Crippen molar-refractivity contribution in [3.63, 3.8) is 0 Å². The maximum atomic E-state index is 11.5. The van der Waals surface area contributed by atoms with Crippen molar-refractivity contribution in [3.8, 4) is 0 Å². The highest BCUT2D eigenvalue weighted by atomic mass is 32.2. The van der Waals surface area contributed by atoms with Gasteiger partial charge in [-0.05, 0) is 26.7 Å². The predicted octanol–water partition coefficient (Wildman–Crippen LogP) is 0.565. The Kier molecular flexibility index (Phi) is 4.14. The van der Waals surface area contributed by atoms with Crippen LogP contribution in [0.15, 0.2) is 0 Å². The summed E-state index contributed by atoms with van der Waals surface area (Å²) in [7, 11) is -2.88. The van der Waals surface area contributed by atoms with E-state index in [9.17, 15) is 8.42 Å². The maximum absolute atomic E-state index is 11.5. The minimum absolute atomic E-state index is 0.0428. The van der Waals surface area contributed by atoms with Crippen LogP contribution < -0.4 is 5.73 Å². The summed E-state index contributed by atoms with van der Waals surface area (Å²) >= 11 is 0. The second-order valence-electron chi connectivity index (χ2n) is 4.40. The van der Waals surface area contributed by atoms with Gasteiger partial charge in [-0.25, -0.2) is 8.42 Å². The maximum Gasteiger partial charge on any atom is 0.150 e. The van der Waals surface area contributed by atoms with Gasteiger partial charge in [0.05, 0.1) is 17.1 Å². The Morgan fingerprint density at radius 1 is 1.53 bits per heavy atom. The first-order chi connectivity index (χ1) is 6.93. The first-order valence-electron chi connectivity index (χ1n) is 5.48. The molecule has 0 bridgehead atoms. The van der Waals surface area contributed by atoms with Crippen molar-refractivity contribution < 1.29 is 13.2 Å². The zero-order chi connectivity index (χ0) is 11.5. The molecule has 2 atom stereocenters. The van der Waals surface area contributed by atoms with Crippen LogP contribution in [0.25, 0.3) is 0 Å². The topological polar surface area (TPSA) is 69.4 Å². The summed E-state index contributed by atoms with van der Waals surface area (Å²) in [5.41, 5.74) is 5.21. The van der Waals surface area contributed by atoms with Crippen LogP contribution in [0, 0.1) is 5.92 Å². The van der Waals surface area contributed by atoms with Gasteiger partial charge in [0.2, 0.25) is 0 Å². The van der Waals surface area contributed by atoms with E-state index < -0.39 is 15.4 Å². The molecule has 1 aliphatic rings. The van der Waals surface area contributed by atoms with E-state index in [1.54, 1.807) is 0 Å². The van der Waals surface area contributed by atoms with E-state index in [-0.39, 0.29) is 11.7 Å². The number of nitrogens with two attached hydrogens (primary N) is 1. The Bertz CT molecular complexity index is 302. The minimum Gasteiger partial charge on any atom is -0.374 e. The van der Waals surface area contributed by atoms with E-state index in [4.69, 9.17) is 10.5 Å². The number of hydrogen-bond donors (Lipinski definition) is 1. The molecule has 0 amide bonds. The summed E-state index contributed by atoms with van der Waals surface area (Å²) in [4.78, 5) is 0. The molecule has 0 saturated carbocycles. The van der Waals surface area contributed by atoms with E-state index in [1.807, 2.05) is 13.8 Å². The van der Waals surface area contributed by atoms with Gasteiger partial charge in [-0.1, -0.05) is 0 Å². The number of ether oxygens (including phenoxy) is 1. The molecule has 2 unspecified atom stereocenters. The predicted molar refractivity (Wildman–Crippen MR) is 60.5 cm³/mol. The zero-order valence-corrected chi connectivity index (χ0v) is 10.3. The van der Waals surface area contributed by atoms with E-state index in [2.05, 4.69) is 0 Å². The van der Waals surface area contributed by atoms with Crippen LogP contribution in [0.5, 0.6) is 0 Å². The van der Waals surface area contributed by atoms with Gasteiger partial charge in [-0.15, -0.1) is 0 Å². The van der Waals surface area contributed by atoms with E-state index in [1.165, 1.54) is 0 Å². The minimum atomic E-state index is -2.88. The average molecular weight is 235 g/mol. The Labute approximate surface area is 92.1 Å². The summed E-state index contributed by atoms with van der Waals surface area (Å²) < 4.78 is 28.7. The fraction of sp³-hybridized carbons (Fsp3) is 1.00. The molecule has 1 heterocycles. The van der Waals surface area contributed by atoms with E-state index in [0.717, 1.165) is 12.8 Å². The first kappa shape index (κ1) is 12.9. The van der Waals surface area contributed by atoms with Crippen LogP contribution in [-0.2, 0) is 14.6 Å². The molecule has 1 aliphatic heterocycles. The molecule has 2 N–H and O–H groups in total. The fourth-order valence-electron chi connectivity index (χ4n) is 2.18. The molecule has 1 fully saturated rings. The van der Waals surface area contributed by atoms with Crippen molar-refractivity contribution in [1.29, 1.82) is 0 Å². The summed E-state index contributed by atoms with van der Waals surface area (Å²) in [5.74, 6) is 0.581. The lowest BCUT2D eigenvalue weighted by Gasteiger charge is -2.38. The number of rotatable bonds is 4. The van der Waals surface area contributed by atoms with Crippen LogP contribution in [0.2, 0.25) is 0 Å². The van der Waals surface area contributed by atoms with Gasteiger partial charge < -0.3 is 10.5 Å². The molecule has 5 heteroatoms. The molecule has 0 radical (unpaired) electrons. The molecule has 15 heavy (non-hydrogen) atoms. The normalized spacial score (nSPS) is 29.7. The lowest BCUT2D eigenvalue weighted by Crippen LogP contribution is -2.49. The van der Waals surface area contributed by atoms with Gasteiger partial charge in [0.15, 0.2) is 9.84 Å². The van der Waals surface area contributed by atoms with Crippen LogP contribution >= 0.6 is 0 Å². The Morgan fingerprint density at radius 3 is 2.67 bits per heavy atom. The molecule has 0 aliphatic carbocycles. The third kappa shape index (κ3) is 3.16. The Morgan fingerprint density at radius 2 is 2.20 bits per heavy atom. The quantitative estimate of drug-likeness (QED) is 0.773. The summed E-state index contributed by atoms with van der Waals surface area (Å²) in [6, 6.07) is 0. The standard InChI is InChI=1S/C10H21NO3S/c1-3-14-10(2,8-11)9-5-4-6-15(12,13)7-9/h9H,3-8,11H2,1-2H3. The van der Waals surface area contributed by atoms with E-state index in [0.29, 0.717) is 18.9 Å². The third-order valence-corrected chi connectivity index (χ3v) is 5.03. The third-order valence-electron chi connectivity index (χ3n) is 3.21. The van der Waals surface area contributed by atoms with Crippen molar-refractivity contribution in [2.24, 2.45) is 11.7 Å². The van der Waals surface area contributed by atoms with Crippen LogP contribution in [0.3, 0.4) is 0 Å². The van der Waals surface area contributed by atoms with Crippen molar-refractivity contribution in [1.82, 2.24) is 0 Å². The highest BCUT2D eigenvalue weighted by Crippen LogP contribution is 2.30. The lowest BCUT2D eigenvalue weighted by molar-refractivity contribution is -0.0584. The molecule has 4 nitrogen and oxygen atoms in total. The molecular formula is C10H21NO3S. The van der Waals surface area contributed by atoms with Gasteiger partial charge >= 0.3 is 0 Å². The van der Waals surface area contributed by atoms with Crippen molar-refractivity contribution in [2.75, 3.05) is 24.7 Å². The van der Waals surface area contributed by atoms with Crippen LogP contribution in [-0.4, -0.2) is 38.7 Å². The Balaban J connectivity index is 2.76. The molecule has 90 valence electrons. The Hall–Kier alpha value is -0.130. The molecule has 0 aromatic carbocycles. The van der Waals surface area contributed by atoms with Gasteiger partial charge in [-0.2, -0.15) is 0 Å². The highest BCUT2D eigenvalue weighted by molar-refractivity contribution is 7.91. The molecular weight excluding hydrogens is 214 g/mol. The van der Waals surface area contributed by atoms with Gasteiger partial charge in [0.25, 0.3) is 0 Å². The number of sulfone groups is 1. The molecule has 0 aromatic rings. The molecule has 1 rings (SSSR count). The lowest BCUT2D eigenvalue weighted by atomic mass is 9.86. The molecule has 0 spiro atoms. The smallest absolute Gasteiger partial charge is 0.150 e. The van der Waals surface area contributed by atoms with Crippen molar-refractivity contribution >= 4 is 9.84 Å². The average Bonchev–Trinajstić information content (AvgIpc) is 2.16. The fourth-order valence-corrected chi connectivity index (χ4v) is 4.08. The van der Waals surface area contributed by atoms with Gasteiger partial charge in [0, 0.05) is 19.1 Å². The van der Waals surface area contributed by atoms with Crippen molar-refractivity contribution in [3.05, 3.63) is 0 Å². The first-order valence-corrected chi connectivity index (χ1v) is 7.30. The summed E-state index contributed by atoms with van der Waals surface area (Å²) in [6.07, 6.45) is 1.63. The van der Waals surface area contributed by atoms with Gasteiger partial charge in [-0.3, -0.25) is 0 Å². The summed E-state index contributed by atoms with van der Waals surface area (Å²) in [6.45, 7) is 4.78. The van der Waals surface area contributed by atoms with E-state index >= 15 is 0 Å². The number of hydrogen-bond acceptors (Lipinski definition) is 4. The second kappa shape index (κ2) is 4.80. The van der Waals surface area contributed by atoms with Crippen molar-refractivity contribution in [2.45, 2.75) is 32.3 Å². The summed E-state index contributed by atoms with van der Waals surface area (Å²) in [5, 5.41) is 0. The van der Waals surface area contributed by atoms with Crippen LogP contribution in [0.1, 0.15) is 26.7 Å². The SMILES string of the molecule is CCOC(C)(CN)C1CCCS(=O)(=O)C1. The molecule has 0 aromatic heterocycles. The second-order valence-corrected chi connectivity index (χ2v) is 6.63. The zero-order valence-electron chi connectivity index (χ0n) is 9.53. The van der Waals surface area contributed by atoms with Gasteiger partial charge in [0.1, 0.15) is 0 Å². The molecule has 1 saturated heterocycles.